The molecule has 0 aromatic heterocycles. The van der Waals surface area contributed by atoms with Crippen molar-refractivity contribution in [1.82, 2.24) is 0 Å². The Hall–Kier alpha value is -2.11. The van der Waals surface area contributed by atoms with Crippen LogP contribution in [0.1, 0.15) is 30.9 Å². The lowest BCUT2D eigenvalue weighted by atomic mass is 9.98. The minimum Gasteiger partial charge on any atom is -0.324 e. The van der Waals surface area contributed by atoms with E-state index in [4.69, 9.17) is 11.0 Å². The fourth-order valence-corrected chi connectivity index (χ4v) is 2.12. The van der Waals surface area contributed by atoms with Gasteiger partial charge in [-0.25, -0.2) is 0 Å². The molecule has 1 unspecified atom stereocenters. The zero-order chi connectivity index (χ0) is 13.5. The molecule has 0 aliphatic carbocycles. The van der Waals surface area contributed by atoms with E-state index in [1.54, 1.807) is 0 Å². The Bertz CT molecular complexity index is 538. The highest BCUT2D eigenvalue weighted by Gasteiger charge is 2.05. The van der Waals surface area contributed by atoms with Crippen molar-refractivity contribution in [2.45, 2.75) is 25.3 Å². The molecular weight excluding hydrogens is 232 g/mol. The largest absolute Gasteiger partial charge is 0.324 e. The minimum atomic E-state index is 0.0261. The van der Waals surface area contributed by atoms with Crippen molar-refractivity contribution < 1.29 is 0 Å². The first-order valence-corrected chi connectivity index (χ1v) is 6.59. The third-order valence-electron chi connectivity index (χ3n) is 3.25. The van der Waals surface area contributed by atoms with Crippen molar-refractivity contribution in [2.24, 2.45) is 5.73 Å². The maximum absolute atomic E-state index is 8.52. The Balaban J connectivity index is 2.04. The summed E-state index contributed by atoms with van der Waals surface area (Å²) >= 11 is 0. The molecule has 2 heteroatoms. The lowest BCUT2D eigenvalue weighted by molar-refractivity contribution is 0.619. The average molecular weight is 250 g/mol. The molecule has 0 amide bonds. The van der Waals surface area contributed by atoms with Crippen molar-refractivity contribution in [3.8, 4) is 17.2 Å². The van der Waals surface area contributed by atoms with Crippen LogP contribution >= 0.6 is 0 Å². The Kier molecular flexibility index (Phi) is 4.72. The van der Waals surface area contributed by atoms with E-state index in [0.717, 1.165) is 18.4 Å². The molecule has 0 aliphatic rings. The van der Waals surface area contributed by atoms with Gasteiger partial charge in [-0.3, -0.25) is 0 Å². The summed E-state index contributed by atoms with van der Waals surface area (Å²) < 4.78 is 0. The number of hydrogen-bond acceptors (Lipinski definition) is 2. The fourth-order valence-electron chi connectivity index (χ4n) is 2.12. The van der Waals surface area contributed by atoms with Crippen LogP contribution in [-0.2, 0) is 0 Å². The van der Waals surface area contributed by atoms with Crippen molar-refractivity contribution in [3.63, 3.8) is 0 Å². The van der Waals surface area contributed by atoms with E-state index in [1.807, 2.05) is 18.2 Å². The van der Waals surface area contributed by atoms with E-state index in [9.17, 15) is 0 Å². The van der Waals surface area contributed by atoms with Gasteiger partial charge in [0, 0.05) is 12.5 Å². The van der Waals surface area contributed by atoms with Crippen LogP contribution in [0.25, 0.3) is 11.1 Å². The monoisotopic (exact) mass is 250 g/mol. The van der Waals surface area contributed by atoms with Crippen LogP contribution in [0.15, 0.2) is 54.6 Å². The second kappa shape index (κ2) is 6.72. The quantitative estimate of drug-likeness (QED) is 0.814. The predicted molar refractivity (Wildman–Crippen MR) is 78.3 cm³/mol. The van der Waals surface area contributed by atoms with Crippen LogP contribution in [0.2, 0.25) is 0 Å². The van der Waals surface area contributed by atoms with Crippen LogP contribution in [0.3, 0.4) is 0 Å². The number of unbranched alkanes of at least 4 members (excludes halogenated alkanes) is 1. The molecule has 19 heavy (non-hydrogen) atoms. The van der Waals surface area contributed by atoms with Gasteiger partial charge < -0.3 is 5.73 Å². The highest BCUT2D eigenvalue weighted by atomic mass is 14.6. The van der Waals surface area contributed by atoms with Crippen molar-refractivity contribution >= 4 is 0 Å². The molecule has 96 valence electrons. The van der Waals surface area contributed by atoms with Gasteiger partial charge in [0.15, 0.2) is 0 Å². The van der Waals surface area contributed by atoms with Crippen molar-refractivity contribution in [1.29, 1.82) is 5.26 Å². The van der Waals surface area contributed by atoms with Gasteiger partial charge in [0.25, 0.3) is 0 Å². The van der Waals surface area contributed by atoms with E-state index in [1.165, 1.54) is 11.1 Å². The van der Waals surface area contributed by atoms with E-state index in [2.05, 4.69) is 42.5 Å². The molecule has 2 aromatic rings. The van der Waals surface area contributed by atoms with Crippen molar-refractivity contribution in [3.05, 3.63) is 60.2 Å². The third kappa shape index (κ3) is 3.67. The second-order valence-electron chi connectivity index (χ2n) is 4.64. The molecule has 1 atom stereocenters. The zero-order valence-electron chi connectivity index (χ0n) is 10.9. The molecule has 2 rings (SSSR count). The summed E-state index contributed by atoms with van der Waals surface area (Å²) in [6.07, 6.45) is 2.30. The number of nitriles is 1. The van der Waals surface area contributed by atoms with E-state index in [-0.39, 0.29) is 6.04 Å². The third-order valence-corrected chi connectivity index (χ3v) is 3.25. The first-order valence-electron chi connectivity index (χ1n) is 6.59. The van der Waals surface area contributed by atoms with Gasteiger partial charge in [-0.1, -0.05) is 54.6 Å². The average Bonchev–Trinajstić information content (AvgIpc) is 2.48. The van der Waals surface area contributed by atoms with Crippen LogP contribution in [0.5, 0.6) is 0 Å². The Morgan fingerprint density at radius 1 is 0.947 bits per heavy atom. The van der Waals surface area contributed by atoms with Gasteiger partial charge in [-0.2, -0.15) is 5.26 Å². The Morgan fingerprint density at radius 2 is 1.58 bits per heavy atom. The summed E-state index contributed by atoms with van der Waals surface area (Å²) in [5.41, 5.74) is 9.67. The maximum atomic E-state index is 8.52. The standard InChI is InChI=1S/C17H18N2/c18-13-5-4-8-17(19)16-11-9-15(10-12-16)14-6-2-1-3-7-14/h1-3,6-7,9-12,17H,4-5,8,19H2. The molecule has 0 fully saturated rings. The molecule has 2 N–H and O–H groups in total. The summed E-state index contributed by atoms with van der Waals surface area (Å²) in [5.74, 6) is 0. The van der Waals surface area contributed by atoms with Crippen LogP contribution in [-0.4, -0.2) is 0 Å². The zero-order valence-corrected chi connectivity index (χ0v) is 10.9. The Labute approximate surface area is 114 Å². The number of nitrogens with zero attached hydrogens (tertiary/aromatic N) is 1. The molecule has 0 saturated heterocycles. The van der Waals surface area contributed by atoms with Gasteiger partial charge in [-0.05, 0) is 29.5 Å². The minimum absolute atomic E-state index is 0.0261. The molecular formula is C17H18N2. The van der Waals surface area contributed by atoms with Gasteiger partial charge in [0.2, 0.25) is 0 Å². The lowest BCUT2D eigenvalue weighted by Crippen LogP contribution is -2.09. The summed E-state index contributed by atoms with van der Waals surface area (Å²) in [7, 11) is 0. The van der Waals surface area contributed by atoms with Gasteiger partial charge >= 0.3 is 0 Å². The maximum Gasteiger partial charge on any atom is 0.0621 e. The van der Waals surface area contributed by atoms with E-state index in [0.29, 0.717) is 6.42 Å². The highest BCUT2D eigenvalue weighted by Crippen LogP contribution is 2.22. The molecule has 0 spiro atoms. The molecule has 0 saturated carbocycles. The molecule has 0 bridgehead atoms. The number of hydrogen-bond donors (Lipinski definition) is 1. The smallest absolute Gasteiger partial charge is 0.0621 e. The normalized spacial score (nSPS) is 11.8. The number of rotatable bonds is 5. The predicted octanol–water partition coefficient (Wildman–Crippen LogP) is 4.05. The summed E-state index contributed by atoms with van der Waals surface area (Å²) in [6, 6.07) is 20.8. The molecule has 0 heterocycles. The lowest BCUT2D eigenvalue weighted by Gasteiger charge is -2.11. The van der Waals surface area contributed by atoms with Gasteiger partial charge in [-0.15, -0.1) is 0 Å². The SMILES string of the molecule is N#CCCCC(N)c1ccc(-c2ccccc2)cc1. The van der Waals surface area contributed by atoms with E-state index >= 15 is 0 Å². The van der Waals surface area contributed by atoms with Crippen LogP contribution in [0, 0.1) is 11.3 Å². The number of nitrogens with two attached hydrogens (primary N) is 1. The van der Waals surface area contributed by atoms with Crippen molar-refractivity contribution in [2.75, 3.05) is 0 Å². The first kappa shape index (κ1) is 13.3. The fraction of sp³-hybridized carbons (Fsp3) is 0.235. The summed E-state index contributed by atoms with van der Waals surface area (Å²) in [6.45, 7) is 0. The van der Waals surface area contributed by atoms with Crippen LogP contribution in [0.4, 0.5) is 0 Å². The second-order valence-corrected chi connectivity index (χ2v) is 4.64. The highest BCUT2D eigenvalue weighted by molar-refractivity contribution is 5.63. The molecule has 2 aromatic carbocycles. The van der Waals surface area contributed by atoms with E-state index < -0.39 is 0 Å². The van der Waals surface area contributed by atoms with Crippen LogP contribution < -0.4 is 5.73 Å². The topological polar surface area (TPSA) is 49.8 Å². The summed E-state index contributed by atoms with van der Waals surface area (Å²) in [5, 5.41) is 8.52. The molecule has 0 aliphatic heterocycles. The first-order chi connectivity index (χ1) is 9.31. The molecule has 0 radical (unpaired) electrons. The number of benzene rings is 2. The Morgan fingerprint density at radius 3 is 2.21 bits per heavy atom. The molecule has 2 nitrogen and oxygen atoms in total. The van der Waals surface area contributed by atoms with Gasteiger partial charge in [0.1, 0.15) is 0 Å². The summed E-state index contributed by atoms with van der Waals surface area (Å²) in [4.78, 5) is 0. The van der Waals surface area contributed by atoms with Gasteiger partial charge in [0.05, 0.1) is 6.07 Å².